The molecule has 1 aliphatic carbocycles. The quantitative estimate of drug-likeness (QED) is 0.657. The van der Waals surface area contributed by atoms with Gasteiger partial charge in [0, 0.05) is 0 Å². The molecule has 4 atom stereocenters. The molecule has 1 fully saturated rings. The fourth-order valence-electron chi connectivity index (χ4n) is 2.67. The van der Waals surface area contributed by atoms with Crippen molar-refractivity contribution in [1.82, 2.24) is 5.32 Å². The minimum Gasteiger partial charge on any atom is -0.313 e. The average molecular weight is 248 g/mol. The van der Waals surface area contributed by atoms with Crippen molar-refractivity contribution in [3.05, 3.63) is 0 Å². The van der Waals surface area contributed by atoms with Crippen LogP contribution < -0.4 is 5.32 Å². The van der Waals surface area contributed by atoms with Crippen LogP contribution in [0.4, 0.5) is 0 Å². The molecule has 0 aromatic rings. The summed E-state index contributed by atoms with van der Waals surface area (Å²) < 4.78 is 0. The summed E-state index contributed by atoms with van der Waals surface area (Å²) in [6.07, 6.45) is 0. The van der Waals surface area contributed by atoms with Gasteiger partial charge in [-0.1, -0.05) is 0 Å². The number of nitrogens with zero attached hydrogens (tertiary/aromatic N) is 5. The molecular weight excluding hydrogens is 228 g/mol. The minimum atomic E-state index is -0.254. The fourth-order valence-corrected chi connectivity index (χ4v) is 2.67. The van der Waals surface area contributed by atoms with E-state index in [1.54, 1.807) is 0 Å². The van der Waals surface area contributed by atoms with E-state index in [4.69, 9.17) is 0 Å². The Balaban J connectivity index is 3.26. The highest BCUT2D eigenvalue weighted by Crippen LogP contribution is 2.30. The van der Waals surface area contributed by atoms with Crippen molar-refractivity contribution in [2.24, 2.45) is 25.0 Å². The van der Waals surface area contributed by atoms with Crippen LogP contribution in [0.5, 0.6) is 0 Å². The van der Waals surface area contributed by atoms with Gasteiger partial charge >= 0.3 is 0 Å². The van der Waals surface area contributed by atoms with Gasteiger partial charge in [-0.3, -0.25) is 25.0 Å². The summed E-state index contributed by atoms with van der Waals surface area (Å²) >= 11 is 0. The van der Waals surface area contributed by atoms with Crippen LogP contribution in [0.15, 0.2) is 25.0 Å². The molecule has 0 aromatic carbocycles. The van der Waals surface area contributed by atoms with Crippen LogP contribution in [0.3, 0.4) is 0 Å². The number of likely N-dealkylation sites (N-methyl/N-ethyl adjacent to an activating group) is 1. The van der Waals surface area contributed by atoms with Crippen molar-refractivity contribution in [3.8, 4) is 0 Å². The first kappa shape index (κ1) is 14.4. The molecule has 18 heavy (non-hydrogen) atoms. The lowest BCUT2D eigenvalue weighted by molar-refractivity contribution is 0.226. The predicted molar refractivity (Wildman–Crippen MR) is 79.5 cm³/mol. The van der Waals surface area contributed by atoms with Gasteiger partial charge in [-0.05, 0) is 40.6 Å². The van der Waals surface area contributed by atoms with Gasteiger partial charge < -0.3 is 5.32 Å². The Morgan fingerprint density at radius 1 is 0.611 bits per heavy atom. The van der Waals surface area contributed by atoms with Crippen LogP contribution in [0, 0.1) is 0 Å². The Bertz CT molecular complexity index is 324. The Morgan fingerprint density at radius 3 is 1.11 bits per heavy atom. The molecule has 0 amide bonds. The van der Waals surface area contributed by atoms with Crippen molar-refractivity contribution in [1.29, 1.82) is 0 Å². The van der Waals surface area contributed by atoms with Crippen molar-refractivity contribution in [2.45, 2.75) is 36.3 Å². The maximum Gasteiger partial charge on any atom is 0.0981 e. The van der Waals surface area contributed by atoms with Crippen LogP contribution in [0.1, 0.15) is 0 Å². The van der Waals surface area contributed by atoms with Crippen LogP contribution in [-0.4, -0.2) is 76.9 Å². The first-order valence-electron chi connectivity index (χ1n) is 5.66. The molecule has 0 saturated heterocycles. The predicted octanol–water partition coefficient (Wildman–Crippen LogP) is -0.0660. The van der Waals surface area contributed by atoms with Crippen LogP contribution in [0.25, 0.3) is 0 Å². The van der Waals surface area contributed by atoms with Gasteiger partial charge in [0.1, 0.15) is 0 Å². The molecule has 1 saturated carbocycles. The zero-order chi connectivity index (χ0) is 13.7. The highest BCUT2D eigenvalue weighted by atomic mass is 15.1. The fraction of sp³-hybridized carbons (Fsp3) is 0.583. The van der Waals surface area contributed by atoms with E-state index in [1.807, 2.05) is 7.05 Å². The summed E-state index contributed by atoms with van der Waals surface area (Å²) in [6.45, 7) is 18.1. The first-order valence-corrected chi connectivity index (χ1v) is 5.66. The molecule has 0 spiro atoms. The van der Waals surface area contributed by atoms with Crippen LogP contribution in [0.2, 0.25) is 0 Å². The Kier molecular flexibility index (Phi) is 5.03. The first-order chi connectivity index (χ1) is 8.69. The SMILES string of the molecule is C=NC1C(N=C)C(N=C)C(NC)C(N=C)C1N=C. The maximum absolute atomic E-state index is 4.13. The third-order valence-electron chi connectivity index (χ3n) is 3.52. The van der Waals surface area contributed by atoms with Crippen LogP contribution >= 0.6 is 0 Å². The summed E-state index contributed by atoms with van der Waals surface area (Å²) in [5.41, 5.74) is 0. The Hall–Kier alpha value is -1.69. The van der Waals surface area contributed by atoms with E-state index >= 15 is 0 Å². The summed E-state index contributed by atoms with van der Waals surface area (Å²) in [4.78, 5) is 20.6. The molecule has 1 rings (SSSR count). The van der Waals surface area contributed by atoms with Gasteiger partial charge in [-0.25, -0.2) is 0 Å². The summed E-state index contributed by atoms with van der Waals surface area (Å²) in [6, 6.07) is -1.15. The molecule has 1 aliphatic rings. The van der Waals surface area contributed by atoms with Gasteiger partial charge in [0.15, 0.2) is 0 Å². The third kappa shape index (κ3) is 2.15. The number of rotatable bonds is 6. The molecule has 98 valence electrons. The Morgan fingerprint density at radius 2 is 0.889 bits per heavy atom. The lowest BCUT2D eigenvalue weighted by Gasteiger charge is -2.44. The smallest absolute Gasteiger partial charge is 0.0981 e. The lowest BCUT2D eigenvalue weighted by Crippen LogP contribution is -2.64. The molecule has 0 heterocycles. The van der Waals surface area contributed by atoms with E-state index in [0.29, 0.717) is 0 Å². The van der Waals surface area contributed by atoms with Crippen molar-refractivity contribution in [3.63, 3.8) is 0 Å². The molecule has 4 unspecified atom stereocenters. The van der Waals surface area contributed by atoms with E-state index in [1.165, 1.54) is 0 Å². The van der Waals surface area contributed by atoms with E-state index in [0.717, 1.165) is 0 Å². The van der Waals surface area contributed by atoms with E-state index in [2.05, 4.69) is 63.9 Å². The van der Waals surface area contributed by atoms with Gasteiger partial charge in [-0.2, -0.15) is 0 Å². The molecule has 0 radical (unpaired) electrons. The number of hydrogen-bond acceptors (Lipinski definition) is 6. The number of hydrogen-bond donors (Lipinski definition) is 1. The van der Waals surface area contributed by atoms with E-state index in [9.17, 15) is 0 Å². The lowest BCUT2D eigenvalue weighted by atomic mass is 9.76. The van der Waals surface area contributed by atoms with Gasteiger partial charge in [-0.15, -0.1) is 0 Å². The summed E-state index contributed by atoms with van der Waals surface area (Å²) in [5.74, 6) is 0. The van der Waals surface area contributed by atoms with Gasteiger partial charge in [0.2, 0.25) is 0 Å². The molecular formula is C12H20N6. The molecule has 0 bridgehead atoms. The van der Waals surface area contributed by atoms with Crippen molar-refractivity contribution < 1.29 is 0 Å². The highest BCUT2D eigenvalue weighted by Gasteiger charge is 2.49. The Labute approximate surface area is 108 Å². The molecule has 6 nitrogen and oxygen atoms in total. The topological polar surface area (TPSA) is 73.8 Å². The van der Waals surface area contributed by atoms with Gasteiger partial charge in [0.25, 0.3) is 0 Å². The highest BCUT2D eigenvalue weighted by molar-refractivity contribution is 5.37. The minimum absolute atomic E-state index is 0.0657. The summed E-state index contributed by atoms with van der Waals surface area (Å²) in [7, 11) is 1.84. The third-order valence-corrected chi connectivity index (χ3v) is 3.52. The second-order valence-electron chi connectivity index (χ2n) is 4.18. The second-order valence-corrected chi connectivity index (χ2v) is 4.18. The maximum atomic E-state index is 4.13. The van der Waals surface area contributed by atoms with Crippen molar-refractivity contribution in [2.75, 3.05) is 7.05 Å². The molecule has 0 aromatic heterocycles. The standard InChI is InChI=1S/C12H20N6/c1-13-7-8(14-2)10(16-4)12(18-6)11(17-5)9(7)15-3/h7-12,18H,1-5H2,6H3. The molecule has 6 heteroatoms. The summed E-state index contributed by atoms with van der Waals surface area (Å²) in [5, 5.41) is 3.17. The van der Waals surface area contributed by atoms with Crippen LogP contribution in [-0.2, 0) is 0 Å². The van der Waals surface area contributed by atoms with Gasteiger partial charge in [0.05, 0.1) is 36.3 Å². The van der Waals surface area contributed by atoms with Crippen molar-refractivity contribution >= 4 is 33.6 Å². The van der Waals surface area contributed by atoms with E-state index in [-0.39, 0.29) is 36.3 Å². The second kappa shape index (κ2) is 6.30. The zero-order valence-corrected chi connectivity index (χ0v) is 10.7. The van der Waals surface area contributed by atoms with E-state index < -0.39 is 0 Å². The number of aliphatic imine (C=N–C) groups is 5. The monoisotopic (exact) mass is 248 g/mol. The largest absolute Gasteiger partial charge is 0.313 e. The normalized spacial score (nSPS) is 39.6. The zero-order valence-electron chi connectivity index (χ0n) is 10.7. The number of nitrogens with one attached hydrogen (secondary N) is 1. The molecule has 0 aliphatic heterocycles. The average Bonchev–Trinajstić information content (AvgIpc) is 2.43. The molecule has 1 N–H and O–H groups in total.